The molecular weight excluding hydrogens is 461 g/mol. The second kappa shape index (κ2) is 8.66. The van der Waals surface area contributed by atoms with Crippen LogP contribution in [0.1, 0.15) is 21.2 Å². The molecule has 0 saturated heterocycles. The molecule has 0 amide bonds. The molecule has 0 heterocycles. The fourth-order valence-electron chi connectivity index (χ4n) is 2.86. The Hall–Kier alpha value is 0.110. The minimum atomic E-state index is -3.80. The molecule has 0 aromatic heterocycles. The molecule has 0 spiro atoms. The number of benzene rings is 1. The molecule has 2 atom stereocenters. The number of hydrogen-bond acceptors (Lipinski definition) is 2. The minimum absolute atomic E-state index is 0. The fraction of sp³-hybridized carbons (Fsp3) is 0.250. The molecule has 3 rings (SSSR count). The standard InChI is InChI=1S/C16H18O3PSi.2ClH.Zr/c1-21(2)16-9-5-8-15(16)19-20(17,18)14-10-12-6-3-4-7-13(12)11-14;;;/h3-7,9-11,21H,8H2,1-2H3,(H,17,18);2*1H;/q;;;+2/p-2. The maximum atomic E-state index is 12.9. The first-order valence-corrected chi connectivity index (χ1v) is 13.2. The zero-order valence-electron chi connectivity index (χ0n) is 13.4. The Morgan fingerprint density at radius 2 is 1.96 bits per heavy atom. The molecular formula is C16H18Cl2O3PSiZr. The summed E-state index contributed by atoms with van der Waals surface area (Å²) in [6.07, 6.45) is 6.54. The van der Waals surface area contributed by atoms with E-state index in [1.807, 2.05) is 36.4 Å². The van der Waals surface area contributed by atoms with Crippen LogP contribution in [0.4, 0.5) is 0 Å². The second-order valence-electron chi connectivity index (χ2n) is 5.88. The van der Waals surface area contributed by atoms with Gasteiger partial charge in [-0.3, -0.25) is 0 Å². The van der Waals surface area contributed by atoms with Gasteiger partial charge in [-0.2, -0.15) is 0 Å². The van der Waals surface area contributed by atoms with E-state index in [1.54, 1.807) is 0 Å². The number of hydrogen-bond donors (Lipinski definition) is 1. The van der Waals surface area contributed by atoms with Crippen LogP contribution in [-0.2, 0) is 33.8 Å². The van der Waals surface area contributed by atoms with E-state index < -0.39 is 16.4 Å². The van der Waals surface area contributed by atoms with Gasteiger partial charge in [0, 0.05) is 0 Å². The van der Waals surface area contributed by atoms with E-state index in [9.17, 15) is 9.46 Å². The van der Waals surface area contributed by atoms with Crippen LogP contribution in [0, 0.1) is 0 Å². The van der Waals surface area contributed by atoms with E-state index >= 15 is 0 Å². The normalized spacial score (nSPS) is 20.9. The van der Waals surface area contributed by atoms with Gasteiger partial charge in [-0.15, -0.1) is 0 Å². The second-order valence-corrected chi connectivity index (χ2v) is 12.0. The van der Waals surface area contributed by atoms with Crippen LogP contribution in [0.15, 0.2) is 52.7 Å². The molecule has 1 aromatic carbocycles. The van der Waals surface area contributed by atoms with Gasteiger partial charge in [0.2, 0.25) is 0 Å². The summed E-state index contributed by atoms with van der Waals surface area (Å²) in [6.45, 7) is 4.41. The molecule has 2 aliphatic rings. The molecule has 1 aromatic rings. The first-order valence-electron chi connectivity index (χ1n) is 7.34. The molecule has 1 N–H and O–H groups in total. The average Bonchev–Trinajstić information content (AvgIpc) is 3.04. The van der Waals surface area contributed by atoms with Crippen molar-refractivity contribution >= 4 is 22.5 Å². The van der Waals surface area contributed by atoms with Crippen molar-refractivity contribution in [1.82, 2.24) is 0 Å². The van der Waals surface area contributed by atoms with E-state index in [2.05, 4.69) is 19.2 Å². The summed E-state index contributed by atoms with van der Waals surface area (Å²) in [5.74, 6) is 0.701. The van der Waals surface area contributed by atoms with Crippen LogP contribution in [-0.4, -0.2) is 13.7 Å². The van der Waals surface area contributed by atoms with Crippen molar-refractivity contribution in [3.05, 3.63) is 63.8 Å². The largest absolute Gasteiger partial charge is 1.00 e. The van der Waals surface area contributed by atoms with E-state index in [-0.39, 0.29) is 28.4 Å². The average molecular weight is 480 g/mol. The van der Waals surface area contributed by atoms with Crippen molar-refractivity contribution in [2.24, 2.45) is 0 Å². The van der Waals surface area contributed by atoms with Gasteiger partial charge in [0.25, 0.3) is 0 Å². The first kappa shape index (κ1) is 22.2. The molecule has 2 unspecified atom stereocenters. The van der Waals surface area contributed by atoms with Crippen LogP contribution in [0.5, 0.6) is 0 Å². The smallest absolute Gasteiger partial charge is 1.00 e. The predicted octanol–water partition coefficient (Wildman–Crippen LogP) is -1.92. The Kier molecular flexibility index (Phi) is 8.00. The van der Waals surface area contributed by atoms with Gasteiger partial charge < -0.3 is 24.8 Å². The Morgan fingerprint density at radius 1 is 1.29 bits per heavy atom. The third-order valence-corrected chi connectivity index (χ3v) is 9.40. The summed E-state index contributed by atoms with van der Waals surface area (Å²) in [5.41, 5.74) is 2.17. The van der Waals surface area contributed by atoms with Crippen LogP contribution < -0.4 is 24.8 Å². The molecule has 127 valence electrons. The van der Waals surface area contributed by atoms with Gasteiger partial charge in [-0.25, -0.2) is 0 Å². The van der Waals surface area contributed by atoms with Crippen LogP contribution in [0.2, 0.25) is 13.1 Å². The summed E-state index contributed by atoms with van der Waals surface area (Å²) in [6, 6.07) is 7.95. The fourth-order valence-corrected chi connectivity index (χ4v) is 7.71. The Morgan fingerprint density at radius 3 is 2.58 bits per heavy atom. The first-order chi connectivity index (χ1) is 10.4. The summed E-state index contributed by atoms with van der Waals surface area (Å²) < 4.78 is 18.5. The van der Waals surface area contributed by atoms with Gasteiger partial charge >= 0.3 is 148 Å². The molecule has 2 aliphatic carbocycles. The monoisotopic (exact) mass is 477 g/mol. The number of rotatable bonds is 4. The van der Waals surface area contributed by atoms with E-state index in [0.717, 1.165) is 16.3 Å². The van der Waals surface area contributed by atoms with Crippen molar-refractivity contribution in [3.8, 4) is 0 Å². The molecule has 0 saturated carbocycles. The molecule has 8 heteroatoms. The third-order valence-electron chi connectivity index (χ3n) is 4.01. The van der Waals surface area contributed by atoms with Crippen molar-refractivity contribution in [1.29, 1.82) is 0 Å². The number of allylic oxidation sites excluding steroid dienone is 4. The maximum absolute atomic E-state index is 12.9. The number of halogens is 2. The van der Waals surface area contributed by atoms with Crippen molar-refractivity contribution in [3.63, 3.8) is 0 Å². The summed E-state index contributed by atoms with van der Waals surface area (Å²) in [7, 11) is -4.85. The topological polar surface area (TPSA) is 46.5 Å². The predicted molar refractivity (Wildman–Crippen MR) is 87.7 cm³/mol. The Labute approximate surface area is 172 Å². The summed E-state index contributed by atoms with van der Waals surface area (Å²) in [4.78, 5) is 10.5. The van der Waals surface area contributed by atoms with Gasteiger partial charge in [0.05, 0.1) is 0 Å². The van der Waals surface area contributed by atoms with Gasteiger partial charge in [-0.05, 0) is 0 Å². The molecule has 24 heavy (non-hydrogen) atoms. The van der Waals surface area contributed by atoms with Crippen LogP contribution in [0.3, 0.4) is 0 Å². The quantitative estimate of drug-likeness (QED) is 0.405. The van der Waals surface area contributed by atoms with Crippen LogP contribution >= 0.6 is 7.60 Å². The van der Waals surface area contributed by atoms with Crippen LogP contribution in [0.25, 0.3) is 6.08 Å². The van der Waals surface area contributed by atoms with E-state index in [0.29, 0.717) is 17.5 Å². The van der Waals surface area contributed by atoms with Crippen molar-refractivity contribution in [2.45, 2.75) is 23.1 Å². The van der Waals surface area contributed by atoms with Gasteiger partial charge in [0.1, 0.15) is 0 Å². The molecule has 0 aliphatic heterocycles. The molecule has 0 fully saturated rings. The summed E-state index contributed by atoms with van der Waals surface area (Å²) >= 11 is 1.21. The van der Waals surface area contributed by atoms with E-state index in [4.69, 9.17) is 4.52 Å². The van der Waals surface area contributed by atoms with E-state index in [1.165, 1.54) is 24.7 Å². The Bertz CT molecular complexity index is 761. The van der Waals surface area contributed by atoms with Gasteiger partial charge in [0.15, 0.2) is 0 Å². The zero-order valence-corrected chi connectivity index (χ0v) is 19.4. The zero-order chi connectivity index (χ0) is 15.9. The summed E-state index contributed by atoms with van der Waals surface area (Å²) in [5, 5.41) is 1.70. The molecule has 3 nitrogen and oxygen atoms in total. The SMILES string of the molecule is C[SiH](C)C1=C(OP(=O)(O)C2=Cc3ccccc3[CH]2[Zr+2])CC=C1.[Cl-].[Cl-]. The third kappa shape index (κ3) is 4.26. The minimum Gasteiger partial charge on any atom is -1.00 e. The molecule has 0 radical (unpaired) electrons. The molecule has 0 bridgehead atoms. The maximum Gasteiger partial charge on any atom is -1.00 e. The number of fused-ring (bicyclic) bond motifs is 1. The van der Waals surface area contributed by atoms with Crippen molar-refractivity contribution < 1.29 is 63.5 Å². The Balaban J connectivity index is 0.00000144. The van der Waals surface area contributed by atoms with Gasteiger partial charge in [-0.1, -0.05) is 0 Å². The van der Waals surface area contributed by atoms with Crippen molar-refractivity contribution in [2.75, 3.05) is 0 Å².